The summed E-state index contributed by atoms with van der Waals surface area (Å²) in [5, 5.41) is 2.99. The van der Waals surface area contributed by atoms with Crippen LogP contribution < -0.4 is 5.32 Å². The van der Waals surface area contributed by atoms with Gasteiger partial charge in [0.25, 0.3) is 0 Å². The number of hydrogen-bond donors (Lipinski definition) is 1. The molecule has 0 spiro atoms. The highest BCUT2D eigenvalue weighted by molar-refractivity contribution is 9.10. The fraction of sp³-hybridized carbons (Fsp3) is 0.529. The summed E-state index contributed by atoms with van der Waals surface area (Å²) in [4.78, 5) is 26.8. The summed E-state index contributed by atoms with van der Waals surface area (Å²) in [5.41, 5.74) is 2.30. The molecule has 9 heteroatoms. The van der Waals surface area contributed by atoms with E-state index in [1.54, 1.807) is 4.90 Å². The average molecular weight is 434 g/mol. The number of alkyl halides is 3. The van der Waals surface area contributed by atoms with Crippen molar-refractivity contribution < 1.29 is 22.8 Å². The molecule has 0 radical (unpaired) electrons. The van der Waals surface area contributed by atoms with Crippen LogP contribution in [0.15, 0.2) is 22.7 Å². The molecular weight excluding hydrogens is 415 g/mol. The first-order valence-corrected chi connectivity index (χ1v) is 9.20. The van der Waals surface area contributed by atoms with E-state index in [9.17, 15) is 22.8 Å². The summed E-state index contributed by atoms with van der Waals surface area (Å²) in [6, 6.07) is 5.68. The number of piperazine rings is 1. The molecule has 1 saturated heterocycles. The molecule has 1 aromatic carbocycles. The summed E-state index contributed by atoms with van der Waals surface area (Å²) < 4.78 is 37.9. The average Bonchev–Trinajstić information content (AvgIpc) is 2.95. The Bertz CT molecular complexity index is 703. The summed E-state index contributed by atoms with van der Waals surface area (Å²) in [7, 11) is 0. The number of aryl methyl sites for hydroxylation is 1. The highest BCUT2D eigenvalue weighted by Gasteiger charge is 2.35. The van der Waals surface area contributed by atoms with Gasteiger partial charge < -0.3 is 15.1 Å². The molecule has 1 N–H and O–H groups in total. The zero-order valence-electron chi connectivity index (χ0n) is 14.0. The summed E-state index contributed by atoms with van der Waals surface area (Å²) in [5.74, 6) is -0.937. The lowest BCUT2D eigenvalue weighted by atomic mass is 10.1. The monoisotopic (exact) mass is 433 g/mol. The van der Waals surface area contributed by atoms with Gasteiger partial charge in [0, 0.05) is 30.7 Å². The van der Waals surface area contributed by atoms with Crippen LogP contribution in [0.1, 0.15) is 30.0 Å². The lowest BCUT2D eigenvalue weighted by Crippen LogP contribution is -2.53. The molecule has 1 unspecified atom stereocenters. The SMILES string of the molecule is O=C(CC(F)(F)F)N1CCN(C(=O)NC2CCc3cc(Br)ccc32)CC1. The Morgan fingerprint density at radius 1 is 1.15 bits per heavy atom. The molecule has 0 aromatic heterocycles. The van der Waals surface area contributed by atoms with Crippen LogP contribution in [0.4, 0.5) is 18.0 Å². The normalized spacial score (nSPS) is 20.1. The fourth-order valence-electron chi connectivity index (χ4n) is 3.42. The topological polar surface area (TPSA) is 52.7 Å². The largest absolute Gasteiger partial charge is 0.397 e. The van der Waals surface area contributed by atoms with Gasteiger partial charge in [-0.2, -0.15) is 13.2 Å². The Morgan fingerprint density at radius 2 is 1.81 bits per heavy atom. The van der Waals surface area contributed by atoms with Gasteiger partial charge in [-0.3, -0.25) is 4.79 Å². The molecule has 1 aliphatic heterocycles. The van der Waals surface area contributed by atoms with Crippen molar-refractivity contribution in [1.82, 2.24) is 15.1 Å². The van der Waals surface area contributed by atoms with Gasteiger partial charge in [0.1, 0.15) is 6.42 Å². The molecule has 1 aromatic rings. The highest BCUT2D eigenvalue weighted by atomic mass is 79.9. The van der Waals surface area contributed by atoms with Gasteiger partial charge >= 0.3 is 12.2 Å². The van der Waals surface area contributed by atoms with Crippen molar-refractivity contribution in [3.63, 3.8) is 0 Å². The van der Waals surface area contributed by atoms with E-state index >= 15 is 0 Å². The van der Waals surface area contributed by atoms with Crippen LogP contribution in [0.2, 0.25) is 0 Å². The Balaban J connectivity index is 1.51. The van der Waals surface area contributed by atoms with Gasteiger partial charge in [0.2, 0.25) is 5.91 Å². The molecule has 142 valence electrons. The van der Waals surface area contributed by atoms with Crippen molar-refractivity contribution in [1.29, 1.82) is 0 Å². The molecule has 5 nitrogen and oxygen atoms in total. The lowest BCUT2D eigenvalue weighted by molar-refractivity contribution is -0.162. The maximum absolute atomic E-state index is 12.5. The van der Waals surface area contributed by atoms with Crippen LogP contribution in [0.3, 0.4) is 0 Å². The third-order valence-electron chi connectivity index (χ3n) is 4.75. The van der Waals surface area contributed by atoms with Crippen molar-refractivity contribution in [2.75, 3.05) is 26.2 Å². The molecule has 0 bridgehead atoms. The first-order valence-electron chi connectivity index (χ1n) is 8.41. The van der Waals surface area contributed by atoms with Crippen LogP contribution in [0, 0.1) is 0 Å². The minimum absolute atomic E-state index is 0.0597. The van der Waals surface area contributed by atoms with E-state index in [-0.39, 0.29) is 38.3 Å². The molecule has 3 amide bonds. The molecule has 1 aliphatic carbocycles. The second-order valence-corrected chi connectivity index (χ2v) is 7.46. The number of carbonyl (C=O) groups is 2. The number of fused-ring (bicyclic) bond motifs is 1. The third-order valence-corrected chi connectivity index (χ3v) is 5.25. The van der Waals surface area contributed by atoms with Gasteiger partial charge in [-0.25, -0.2) is 4.79 Å². The standard InChI is InChI=1S/C17H19BrF3N3O2/c18-12-2-3-13-11(9-12)1-4-14(13)22-16(26)24-7-5-23(6-8-24)15(25)10-17(19,20)21/h2-3,9,14H,1,4-8,10H2,(H,22,26). The van der Waals surface area contributed by atoms with Gasteiger partial charge in [-0.05, 0) is 36.1 Å². The van der Waals surface area contributed by atoms with E-state index < -0.39 is 18.5 Å². The van der Waals surface area contributed by atoms with E-state index in [0.29, 0.717) is 0 Å². The van der Waals surface area contributed by atoms with Crippen LogP contribution in [0.25, 0.3) is 0 Å². The van der Waals surface area contributed by atoms with E-state index in [1.807, 2.05) is 18.2 Å². The van der Waals surface area contributed by atoms with Gasteiger partial charge in [0.05, 0.1) is 6.04 Å². The predicted molar refractivity (Wildman–Crippen MR) is 92.6 cm³/mol. The zero-order chi connectivity index (χ0) is 18.9. The Morgan fingerprint density at radius 3 is 2.46 bits per heavy atom. The van der Waals surface area contributed by atoms with Crippen LogP contribution in [-0.2, 0) is 11.2 Å². The second kappa shape index (κ2) is 7.46. The molecule has 1 fully saturated rings. The molecule has 3 rings (SSSR count). The number of benzene rings is 1. The van der Waals surface area contributed by atoms with Crippen LogP contribution in [0.5, 0.6) is 0 Å². The van der Waals surface area contributed by atoms with Gasteiger partial charge in [-0.15, -0.1) is 0 Å². The van der Waals surface area contributed by atoms with Gasteiger partial charge in [-0.1, -0.05) is 22.0 Å². The Hall–Kier alpha value is -1.77. The Kier molecular flexibility index (Phi) is 5.45. The first kappa shape index (κ1) is 19.0. The van der Waals surface area contributed by atoms with Crippen molar-refractivity contribution >= 4 is 27.9 Å². The summed E-state index contributed by atoms with van der Waals surface area (Å²) in [6.45, 7) is 0.706. The number of urea groups is 1. The van der Waals surface area contributed by atoms with E-state index in [4.69, 9.17) is 0 Å². The molecule has 0 saturated carbocycles. The number of halogens is 4. The molecule has 1 heterocycles. The number of nitrogens with one attached hydrogen (secondary N) is 1. The summed E-state index contributed by atoms with van der Waals surface area (Å²) >= 11 is 3.44. The van der Waals surface area contributed by atoms with Crippen molar-refractivity contribution in [3.8, 4) is 0 Å². The number of nitrogens with zero attached hydrogens (tertiary/aromatic N) is 2. The van der Waals surface area contributed by atoms with E-state index in [2.05, 4.69) is 21.2 Å². The maximum atomic E-state index is 12.5. The quantitative estimate of drug-likeness (QED) is 0.778. The fourth-order valence-corrected chi connectivity index (χ4v) is 3.83. The van der Waals surface area contributed by atoms with Crippen molar-refractivity contribution in [2.24, 2.45) is 0 Å². The Labute approximate surface area is 157 Å². The van der Waals surface area contributed by atoms with E-state index in [1.165, 1.54) is 10.5 Å². The van der Waals surface area contributed by atoms with Crippen molar-refractivity contribution in [3.05, 3.63) is 33.8 Å². The third kappa shape index (κ3) is 4.49. The number of hydrogen-bond acceptors (Lipinski definition) is 2. The highest BCUT2D eigenvalue weighted by Crippen LogP contribution is 2.33. The van der Waals surface area contributed by atoms with Gasteiger partial charge in [0.15, 0.2) is 0 Å². The van der Waals surface area contributed by atoms with Crippen LogP contribution >= 0.6 is 15.9 Å². The van der Waals surface area contributed by atoms with Crippen LogP contribution in [-0.4, -0.2) is 54.1 Å². The molecular formula is C17H19BrF3N3O2. The minimum Gasteiger partial charge on any atom is -0.339 e. The number of amides is 3. The predicted octanol–water partition coefficient (Wildman–Crippen LogP) is 3.24. The second-order valence-electron chi connectivity index (χ2n) is 6.54. The molecule has 2 aliphatic rings. The summed E-state index contributed by atoms with van der Waals surface area (Å²) in [6.07, 6.45) is -4.24. The van der Waals surface area contributed by atoms with Crippen molar-refractivity contribution in [2.45, 2.75) is 31.5 Å². The minimum atomic E-state index is -4.50. The number of rotatable bonds is 2. The smallest absolute Gasteiger partial charge is 0.339 e. The zero-order valence-corrected chi connectivity index (χ0v) is 15.6. The first-order chi connectivity index (χ1) is 12.2. The lowest BCUT2D eigenvalue weighted by Gasteiger charge is -2.35. The maximum Gasteiger partial charge on any atom is 0.397 e. The molecule has 1 atom stereocenters. The van der Waals surface area contributed by atoms with E-state index in [0.717, 1.165) is 22.9 Å². The molecule has 26 heavy (non-hydrogen) atoms. The number of carbonyl (C=O) groups excluding carboxylic acids is 2.